The molecule has 0 N–H and O–H groups in total. The number of fused-ring (bicyclic) bond motifs is 11. The molecule has 294 valence electrons. The van der Waals surface area contributed by atoms with E-state index in [1.165, 1.54) is 0 Å². The molecule has 0 fully saturated rings. The summed E-state index contributed by atoms with van der Waals surface area (Å²) in [5.74, 6) is 0.617. The lowest BCUT2D eigenvalue weighted by atomic mass is 10.00. The van der Waals surface area contributed by atoms with Gasteiger partial charge in [0.2, 0.25) is 11.6 Å². The maximum atomic E-state index is 14.7. The van der Waals surface area contributed by atoms with E-state index in [2.05, 4.69) is 132 Å². The van der Waals surface area contributed by atoms with Gasteiger partial charge in [0.25, 0.3) is 5.56 Å². The van der Waals surface area contributed by atoms with Crippen molar-refractivity contribution in [2.75, 3.05) is 0 Å². The first-order valence-corrected chi connectivity index (χ1v) is 21.1. The zero-order valence-corrected chi connectivity index (χ0v) is 33.7. The highest BCUT2D eigenvalue weighted by molar-refractivity contribution is 6.22. The van der Waals surface area contributed by atoms with Crippen molar-refractivity contribution < 1.29 is 0 Å². The molecule has 63 heavy (non-hydrogen) atoms. The molecule has 0 atom stereocenters. The van der Waals surface area contributed by atoms with Crippen molar-refractivity contribution in [2.45, 2.75) is 0 Å². The molecule has 4 aromatic heterocycles. The third-order valence-corrected chi connectivity index (χ3v) is 12.5. The molecule has 13 aromatic rings. The Kier molecular flexibility index (Phi) is 7.62. The summed E-state index contributed by atoms with van der Waals surface area (Å²) in [4.78, 5) is 30.3. The summed E-state index contributed by atoms with van der Waals surface area (Å²) in [6, 6.07) is 70.9. The Labute approximate surface area is 360 Å². The lowest BCUT2D eigenvalue weighted by Gasteiger charge is -2.13. The second kappa shape index (κ2) is 13.7. The van der Waals surface area contributed by atoms with Crippen molar-refractivity contribution in [3.63, 3.8) is 0 Å². The number of nitrogens with zero attached hydrogens (tertiary/aromatic N) is 6. The maximum Gasteiger partial charge on any atom is 0.299 e. The van der Waals surface area contributed by atoms with E-state index in [1.807, 2.05) is 83.3 Å². The van der Waals surface area contributed by atoms with Gasteiger partial charge in [-0.05, 0) is 93.7 Å². The minimum absolute atomic E-state index is 0.177. The molecule has 9 aromatic carbocycles. The molecule has 0 unspecified atom stereocenters. The molecule has 13 rings (SSSR count). The highest BCUT2D eigenvalue weighted by Crippen LogP contribution is 2.40. The predicted molar refractivity (Wildman–Crippen MR) is 257 cm³/mol. The van der Waals surface area contributed by atoms with E-state index in [0.717, 1.165) is 105 Å². The van der Waals surface area contributed by atoms with E-state index in [9.17, 15) is 4.79 Å². The molecular formula is C56H34N6O. The van der Waals surface area contributed by atoms with Crippen LogP contribution in [0.1, 0.15) is 0 Å². The van der Waals surface area contributed by atoms with Gasteiger partial charge in [-0.2, -0.15) is 0 Å². The SMILES string of the molecule is O=c1c2nc3cc(-c4ccc5c(c4)c4c6ccccc6ccc4n5-c4nc(-c5ccccc5)c5ccccc5n4)ccc3n2c2ccccc2n1-c1cccc(-c2ccccc2)c1. The van der Waals surface area contributed by atoms with Gasteiger partial charge < -0.3 is 0 Å². The molecular weight excluding hydrogens is 773 g/mol. The van der Waals surface area contributed by atoms with Crippen molar-refractivity contribution in [3.8, 4) is 45.1 Å². The molecule has 7 nitrogen and oxygen atoms in total. The van der Waals surface area contributed by atoms with Crippen LogP contribution in [-0.2, 0) is 0 Å². The van der Waals surface area contributed by atoms with Gasteiger partial charge in [0, 0.05) is 21.7 Å². The van der Waals surface area contributed by atoms with Gasteiger partial charge in [-0.3, -0.25) is 18.3 Å². The quantitative estimate of drug-likeness (QED) is 0.174. The molecule has 0 aliphatic carbocycles. The fraction of sp³-hybridized carbons (Fsp3) is 0. The second-order valence-corrected chi connectivity index (χ2v) is 16.0. The van der Waals surface area contributed by atoms with E-state index >= 15 is 0 Å². The highest BCUT2D eigenvalue weighted by Gasteiger charge is 2.21. The van der Waals surface area contributed by atoms with Crippen molar-refractivity contribution in [2.24, 2.45) is 0 Å². The van der Waals surface area contributed by atoms with Crippen molar-refractivity contribution in [1.82, 2.24) is 28.5 Å². The average molecular weight is 807 g/mol. The maximum absolute atomic E-state index is 14.7. The fourth-order valence-electron chi connectivity index (χ4n) is 9.58. The monoisotopic (exact) mass is 806 g/mol. The number of imidazole rings is 1. The van der Waals surface area contributed by atoms with Crippen LogP contribution in [0.25, 0.3) is 116 Å². The lowest BCUT2D eigenvalue weighted by molar-refractivity contribution is 1.01. The number of benzene rings is 9. The second-order valence-electron chi connectivity index (χ2n) is 16.0. The van der Waals surface area contributed by atoms with Gasteiger partial charge in [-0.1, -0.05) is 146 Å². The number of hydrogen-bond acceptors (Lipinski definition) is 4. The zero-order valence-electron chi connectivity index (χ0n) is 33.7. The van der Waals surface area contributed by atoms with Gasteiger partial charge in [0.05, 0.1) is 50.0 Å². The van der Waals surface area contributed by atoms with E-state index < -0.39 is 0 Å². The Morgan fingerprint density at radius 3 is 1.86 bits per heavy atom. The van der Waals surface area contributed by atoms with Crippen LogP contribution in [0.15, 0.2) is 211 Å². The van der Waals surface area contributed by atoms with Crippen LogP contribution in [0.5, 0.6) is 0 Å². The topological polar surface area (TPSA) is 70.0 Å². The molecule has 0 radical (unpaired) electrons. The van der Waals surface area contributed by atoms with Crippen LogP contribution in [0.4, 0.5) is 0 Å². The van der Waals surface area contributed by atoms with Gasteiger partial charge in [0.1, 0.15) is 0 Å². The van der Waals surface area contributed by atoms with Crippen LogP contribution in [0, 0.1) is 0 Å². The molecule has 0 spiro atoms. The molecule has 0 amide bonds. The number of rotatable bonds is 5. The molecule has 0 saturated carbocycles. The van der Waals surface area contributed by atoms with Crippen LogP contribution in [0.2, 0.25) is 0 Å². The predicted octanol–water partition coefficient (Wildman–Crippen LogP) is 13.0. The summed E-state index contributed by atoms with van der Waals surface area (Å²) in [5, 5.41) is 5.56. The fourth-order valence-corrected chi connectivity index (χ4v) is 9.58. The Hall–Kier alpha value is -8.68. The van der Waals surface area contributed by atoms with E-state index in [1.54, 1.807) is 4.57 Å². The summed E-state index contributed by atoms with van der Waals surface area (Å²) in [7, 11) is 0. The van der Waals surface area contributed by atoms with Gasteiger partial charge in [-0.25, -0.2) is 15.0 Å². The van der Waals surface area contributed by atoms with Gasteiger partial charge in [-0.15, -0.1) is 0 Å². The third-order valence-electron chi connectivity index (χ3n) is 12.5. The number of hydrogen-bond donors (Lipinski definition) is 0. The van der Waals surface area contributed by atoms with Gasteiger partial charge in [0.15, 0.2) is 0 Å². The Balaban J connectivity index is 1.01. The minimum atomic E-state index is -0.177. The highest BCUT2D eigenvalue weighted by atomic mass is 16.1. The Bertz CT molecular complexity index is 4050. The normalized spacial score (nSPS) is 11.9. The zero-order chi connectivity index (χ0) is 41.6. The summed E-state index contributed by atoms with van der Waals surface area (Å²) >= 11 is 0. The van der Waals surface area contributed by atoms with Crippen LogP contribution in [-0.4, -0.2) is 28.5 Å². The van der Waals surface area contributed by atoms with Crippen LogP contribution >= 0.6 is 0 Å². The number of para-hydroxylation sites is 3. The summed E-state index contributed by atoms with van der Waals surface area (Å²) in [5.41, 5.74) is 13.4. The first kappa shape index (κ1) is 35.1. The number of aromatic nitrogens is 6. The van der Waals surface area contributed by atoms with Crippen molar-refractivity contribution in [1.29, 1.82) is 0 Å². The van der Waals surface area contributed by atoms with Gasteiger partial charge >= 0.3 is 0 Å². The largest absolute Gasteiger partial charge is 0.299 e. The molecule has 0 saturated heterocycles. The van der Waals surface area contributed by atoms with E-state index in [4.69, 9.17) is 15.0 Å². The third kappa shape index (κ3) is 5.40. The molecule has 0 aliphatic rings. The standard InChI is InChI=1S/C56H34N6O/c63-55-54-57-46-34-40(28-30-48(46)61(54)50-25-12-11-24-49(50)60(55)41-20-13-19-38(32-41)35-14-3-1-4-15-35)39-27-29-47-44(33-39)52-42-21-8-7-16-36(42)26-31-51(52)62(47)56-58-45-23-10-9-22-43(45)53(59-56)37-17-5-2-6-18-37/h1-34H. The lowest BCUT2D eigenvalue weighted by Crippen LogP contribution is -2.21. The first-order chi connectivity index (χ1) is 31.2. The van der Waals surface area contributed by atoms with Crippen LogP contribution in [0.3, 0.4) is 0 Å². The molecule has 0 aliphatic heterocycles. The first-order valence-electron chi connectivity index (χ1n) is 21.1. The van der Waals surface area contributed by atoms with Crippen molar-refractivity contribution in [3.05, 3.63) is 217 Å². The van der Waals surface area contributed by atoms with Crippen LogP contribution < -0.4 is 5.56 Å². The molecule has 4 heterocycles. The van der Waals surface area contributed by atoms with E-state index in [-0.39, 0.29) is 5.56 Å². The summed E-state index contributed by atoms with van der Waals surface area (Å²) in [6.07, 6.45) is 0. The minimum Gasteiger partial charge on any atom is -0.286 e. The Morgan fingerprint density at radius 1 is 0.365 bits per heavy atom. The van der Waals surface area contributed by atoms with E-state index in [0.29, 0.717) is 11.6 Å². The molecule has 7 heteroatoms. The summed E-state index contributed by atoms with van der Waals surface area (Å²) in [6.45, 7) is 0. The molecule has 0 bridgehead atoms. The van der Waals surface area contributed by atoms with Crippen molar-refractivity contribution >= 4 is 71.2 Å². The smallest absolute Gasteiger partial charge is 0.286 e. The summed E-state index contributed by atoms with van der Waals surface area (Å²) < 4.78 is 6.00. The Morgan fingerprint density at radius 2 is 1.02 bits per heavy atom. The average Bonchev–Trinajstić information content (AvgIpc) is 3.91.